The third-order valence-corrected chi connectivity index (χ3v) is 7.76. The third-order valence-electron chi connectivity index (χ3n) is 7.52. The minimum absolute atomic E-state index is 0.115. The van der Waals surface area contributed by atoms with Gasteiger partial charge in [0.25, 0.3) is 11.5 Å². The van der Waals surface area contributed by atoms with Crippen molar-refractivity contribution in [1.82, 2.24) is 29.4 Å². The fourth-order valence-electron chi connectivity index (χ4n) is 5.31. The first-order valence-corrected chi connectivity index (χ1v) is 14.5. The molecule has 2 unspecified atom stereocenters. The van der Waals surface area contributed by atoms with Crippen LogP contribution in [0, 0.1) is 0 Å². The molecule has 1 amide bonds. The Morgan fingerprint density at radius 3 is 2.55 bits per heavy atom. The predicted octanol–water partition coefficient (Wildman–Crippen LogP) is 5.88. The van der Waals surface area contributed by atoms with E-state index in [0.29, 0.717) is 35.5 Å². The number of carbonyl (C=O) groups excluding carboxylic acids is 1. The first-order valence-electron chi connectivity index (χ1n) is 14.1. The maximum absolute atomic E-state index is 14.3. The van der Waals surface area contributed by atoms with E-state index in [1.807, 2.05) is 24.3 Å². The Labute approximate surface area is 254 Å². The molecule has 1 fully saturated rings. The van der Waals surface area contributed by atoms with E-state index < -0.39 is 24.4 Å². The summed E-state index contributed by atoms with van der Waals surface area (Å²) in [5.41, 5.74) is 1.74. The van der Waals surface area contributed by atoms with Crippen molar-refractivity contribution in [3.05, 3.63) is 117 Å². The van der Waals surface area contributed by atoms with Crippen LogP contribution >= 0.6 is 11.6 Å². The Balaban J connectivity index is 1.20. The Morgan fingerprint density at radius 1 is 1.07 bits per heavy atom. The molecule has 0 spiro atoms. The van der Waals surface area contributed by atoms with Crippen LogP contribution in [0.2, 0.25) is 5.02 Å². The summed E-state index contributed by atoms with van der Waals surface area (Å²) in [4.78, 5) is 25.3. The third kappa shape index (κ3) is 6.41. The highest BCUT2D eigenvalue weighted by atomic mass is 35.5. The van der Waals surface area contributed by atoms with Gasteiger partial charge in [0, 0.05) is 41.0 Å². The van der Waals surface area contributed by atoms with Crippen molar-refractivity contribution >= 4 is 28.4 Å². The number of rotatable bonds is 8. The molecule has 0 aliphatic carbocycles. The van der Waals surface area contributed by atoms with E-state index in [-0.39, 0.29) is 23.4 Å². The quantitative estimate of drug-likeness (QED) is 0.233. The summed E-state index contributed by atoms with van der Waals surface area (Å²) in [6.45, 7) is 1.13. The molecular formula is C31H28ClF3N6O3. The van der Waals surface area contributed by atoms with Crippen LogP contribution < -0.4 is 10.9 Å². The van der Waals surface area contributed by atoms with E-state index in [1.54, 1.807) is 39.7 Å². The van der Waals surface area contributed by atoms with Gasteiger partial charge in [-0.25, -0.2) is 4.68 Å². The number of carbonyl (C=O) groups is 1. The van der Waals surface area contributed by atoms with Crippen molar-refractivity contribution in [2.75, 3.05) is 6.61 Å². The van der Waals surface area contributed by atoms with E-state index >= 15 is 0 Å². The molecule has 1 aliphatic rings. The Morgan fingerprint density at radius 2 is 1.84 bits per heavy atom. The normalized spacial score (nSPS) is 16.2. The zero-order valence-corrected chi connectivity index (χ0v) is 24.1. The largest absolute Gasteiger partial charge is 0.413 e. The number of hydrogen-bond donors (Lipinski definition) is 1. The number of benzene rings is 2. The first kappa shape index (κ1) is 29.6. The van der Waals surface area contributed by atoms with E-state index in [1.165, 1.54) is 23.0 Å². The molecule has 5 aromatic rings. The monoisotopic (exact) mass is 624 g/mol. The Hall–Kier alpha value is -4.42. The average Bonchev–Trinajstić information content (AvgIpc) is 3.62. The number of nitrogens with one attached hydrogen (secondary N) is 1. The topological polar surface area (TPSA) is 96.0 Å². The van der Waals surface area contributed by atoms with Crippen LogP contribution in [0.15, 0.2) is 84.0 Å². The molecular weight excluding hydrogens is 597 g/mol. The highest BCUT2D eigenvalue weighted by Gasteiger charge is 2.43. The highest BCUT2D eigenvalue weighted by Crippen LogP contribution is 2.34. The number of fused-ring (bicyclic) bond motifs is 1. The molecule has 2 atom stereocenters. The number of alkyl halides is 3. The molecule has 9 nitrogen and oxygen atoms in total. The van der Waals surface area contributed by atoms with Crippen LogP contribution in [0.1, 0.15) is 58.7 Å². The smallest absolute Gasteiger partial charge is 0.356 e. The summed E-state index contributed by atoms with van der Waals surface area (Å²) in [6.07, 6.45) is 1.30. The molecule has 0 saturated carbocycles. The number of halogens is 4. The molecule has 44 heavy (non-hydrogen) atoms. The van der Waals surface area contributed by atoms with Crippen molar-refractivity contribution in [3.8, 4) is 0 Å². The molecule has 1 aliphatic heterocycles. The van der Waals surface area contributed by atoms with Gasteiger partial charge in [-0.1, -0.05) is 41.9 Å². The van der Waals surface area contributed by atoms with Crippen molar-refractivity contribution < 1.29 is 22.7 Å². The molecule has 2 aromatic carbocycles. The maximum atomic E-state index is 14.3. The lowest BCUT2D eigenvalue weighted by Crippen LogP contribution is -2.38. The number of amides is 1. The van der Waals surface area contributed by atoms with Crippen molar-refractivity contribution in [1.29, 1.82) is 0 Å². The molecule has 1 saturated heterocycles. The molecule has 13 heteroatoms. The summed E-state index contributed by atoms with van der Waals surface area (Å²) in [5, 5.41) is 11.3. The van der Waals surface area contributed by atoms with Gasteiger partial charge < -0.3 is 14.6 Å². The van der Waals surface area contributed by atoms with Crippen LogP contribution in [0.5, 0.6) is 0 Å². The number of aromatic nitrogens is 5. The lowest BCUT2D eigenvalue weighted by molar-refractivity contribution is -0.155. The van der Waals surface area contributed by atoms with E-state index in [0.717, 1.165) is 30.2 Å². The Bertz CT molecular complexity index is 1840. The molecule has 3 aromatic heterocycles. The van der Waals surface area contributed by atoms with Gasteiger partial charge in [0.05, 0.1) is 24.8 Å². The van der Waals surface area contributed by atoms with Gasteiger partial charge in [0.2, 0.25) is 0 Å². The molecule has 1 N–H and O–H groups in total. The maximum Gasteiger partial charge on any atom is 0.413 e. The average molecular weight is 625 g/mol. The summed E-state index contributed by atoms with van der Waals surface area (Å²) in [5.74, 6) is -0.991. The highest BCUT2D eigenvalue weighted by molar-refractivity contribution is 6.31. The number of hydrogen-bond acceptors (Lipinski definition) is 5. The summed E-state index contributed by atoms with van der Waals surface area (Å²) in [7, 11) is 0. The molecule has 0 radical (unpaired) electrons. The van der Waals surface area contributed by atoms with Gasteiger partial charge in [0.15, 0.2) is 18.0 Å². The molecule has 6 rings (SSSR count). The molecule has 0 bridgehead atoms. The summed E-state index contributed by atoms with van der Waals surface area (Å²) < 4.78 is 53.2. The predicted molar refractivity (Wildman–Crippen MR) is 157 cm³/mol. The second kappa shape index (κ2) is 12.3. The van der Waals surface area contributed by atoms with Crippen molar-refractivity contribution in [3.63, 3.8) is 0 Å². The standard InChI is InChI=1S/C31H28ClF3N6O3/c32-23-11-12-25-24(15-23)28(38-41(25)27-6-2-4-14-44-27)30(43)37-29(31(33,34)35)22-16-36-40(19-22)18-21-9-7-20(8-10-21)17-39-13-3-1-5-26(39)42/h1,3,5,7-13,15-16,19,27,29H,2,4,6,14,17-18H2,(H,37,43). The van der Waals surface area contributed by atoms with Crippen LogP contribution in [0.3, 0.4) is 0 Å². The second-order valence-corrected chi connectivity index (χ2v) is 11.1. The van der Waals surface area contributed by atoms with E-state index in [9.17, 15) is 22.8 Å². The lowest BCUT2D eigenvalue weighted by atomic mass is 10.1. The van der Waals surface area contributed by atoms with E-state index in [2.05, 4.69) is 15.5 Å². The minimum atomic E-state index is -4.80. The first-order chi connectivity index (χ1) is 21.2. The fourth-order valence-corrected chi connectivity index (χ4v) is 5.48. The van der Waals surface area contributed by atoms with Crippen LogP contribution in [0.4, 0.5) is 13.2 Å². The SMILES string of the molecule is O=C(NC(c1cnn(Cc2ccc(Cn3ccccc3=O)cc2)c1)C(F)(F)F)c1nn(C2CCCCO2)c2ccc(Cl)cc12. The van der Waals surface area contributed by atoms with Gasteiger partial charge in [-0.2, -0.15) is 23.4 Å². The van der Waals surface area contributed by atoms with Gasteiger partial charge in [-0.05, 0) is 54.7 Å². The zero-order chi connectivity index (χ0) is 30.8. The fraction of sp³-hybridized carbons (Fsp3) is 0.290. The second-order valence-electron chi connectivity index (χ2n) is 10.7. The molecule has 4 heterocycles. The van der Waals surface area contributed by atoms with E-state index in [4.69, 9.17) is 16.3 Å². The van der Waals surface area contributed by atoms with Crippen LogP contribution in [0.25, 0.3) is 10.9 Å². The van der Waals surface area contributed by atoms with Gasteiger partial charge >= 0.3 is 6.18 Å². The van der Waals surface area contributed by atoms with Gasteiger partial charge in [-0.15, -0.1) is 0 Å². The van der Waals surface area contributed by atoms with Gasteiger partial charge in [0.1, 0.15) is 0 Å². The van der Waals surface area contributed by atoms with Crippen LogP contribution in [-0.4, -0.2) is 42.8 Å². The number of pyridine rings is 1. The zero-order valence-electron chi connectivity index (χ0n) is 23.4. The van der Waals surface area contributed by atoms with Crippen molar-refractivity contribution in [2.24, 2.45) is 0 Å². The Kier molecular flexibility index (Phi) is 8.28. The van der Waals surface area contributed by atoms with Crippen molar-refractivity contribution in [2.45, 2.75) is 50.8 Å². The summed E-state index contributed by atoms with van der Waals surface area (Å²) >= 11 is 6.18. The summed E-state index contributed by atoms with van der Waals surface area (Å²) in [6, 6.07) is 14.8. The molecule has 228 valence electrons. The van der Waals surface area contributed by atoms with Crippen LogP contribution in [-0.2, 0) is 17.8 Å². The number of nitrogens with zero attached hydrogens (tertiary/aromatic N) is 5. The lowest BCUT2D eigenvalue weighted by Gasteiger charge is -2.23. The van der Waals surface area contributed by atoms with Gasteiger partial charge in [-0.3, -0.25) is 14.3 Å². The minimum Gasteiger partial charge on any atom is -0.356 e. The number of ether oxygens (including phenoxy) is 1.